The van der Waals surface area contributed by atoms with Crippen LogP contribution in [0.2, 0.25) is 0 Å². The Hall–Kier alpha value is -2.82. The van der Waals surface area contributed by atoms with Crippen LogP contribution >= 0.6 is 0 Å². The molecule has 132 valence electrons. The van der Waals surface area contributed by atoms with E-state index in [9.17, 15) is 14.7 Å². The lowest BCUT2D eigenvalue weighted by Gasteiger charge is -2.16. The summed E-state index contributed by atoms with van der Waals surface area (Å²) in [5.74, 6) is -1.76. The number of aromatic hydroxyl groups is 1. The van der Waals surface area contributed by atoms with Crippen molar-refractivity contribution >= 4 is 11.9 Å². The number of ether oxygens (including phenoxy) is 2. The van der Waals surface area contributed by atoms with E-state index in [4.69, 9.17) is 9.47 Å². The molecule has 0 bridgehead atoms. The Kier molecular flexibility index (Phi) is 5.80. The molecule has 2 aromatic rings. The van der Waals surface area contributed by atoms with Gasteiger partial charge in [0.05, 0.1) is 13.2 Å². The maximum absolute atomic E-state index is 12.5. The summed E-state index contributed by atoms with van der Waals surface area (Å²) in [4.78, 5) is 24.6. The van der Waals surface area contributed by atoms with E-state index in [1.165, 1.54) is 0 Å². The Morgan fingerprint density at radius 1 is 0.960 bits per heavy atom. The maximum atomic E-state index is 12.5. The number of aryl methyl sites for hydroxylation is 2. The zero-order valence-electron chi connectivity index (χ0n) is 14.9. The van der Waals surface area contributed by atoms with E-state index >= 15 is 0 Å². The molecule has 5 heteroatoms. The van der Waals surface area contributed by atoms with E-state index in [0.29, 0.717) is 11.1 Å². The topological polar surface area (TPSA) is 72.8 Å². The molecular formula is C20H22O5. The first-order chi connectivity index (χ1) is 11.9. The number of phenolic OH excluding ortho intramolecular Hbond substituents is 1. The van der Waals surface area contributed by atoms with Gasteiger partial charge in [0.2, 0.25) is 0 Å². The van der Waals surface area contributed by atoms with Crippen molar-refractivity contribution < 1.29 is 24.2 Å². The van der Waals surface area contributed by atoms with Gasteiger partial charge < -0.3 is 14.6 Å². The van der Waals surface area contributed by atoms with Crippen LogP contribution in [-0.2, 0) is 9.47 Å². The number of benzene rings is 2. The van der Waals surface area contributed by atoms with Crippen molar-refractivity contribution in [2.24, 2.45) is 0 Å². The Morgan fingerprint density at radius 3 is 2.12 bits per heavy atom. The molecule has 0 aliphatic rings. The molecule has 0 fully saturated rings. The fraction of sp³-hybridized carbons (Fsp3) is 0.300. The van der Waals surface area contributed by atoms with Crippen LogP contribution < -0.4 is 0 Å². The number of carbonyl (C=O) groups is 2. The maximum Gasteiger partial charge on any atom is 0.342 e. The van der Waals surface area contributed by atoms with Crippen molar-refractivity contribution in [3.05, 3.63) is 52.6 Å². The standard InChI is InChI=1S/C20H22O5/c1-5-24-19(22)16-13(4)11-15(14-9-7-8-12(3)10-14)17(18(16)21)20(23)25-6-2/h7-11,21H,5-6H2,1-4H3. The zero-order chi connectivity index (χ0) is 18.6. The fourth-order valence-electron chi connectivity index (χ4n) is 2.71. The first-order valence-corrected chi connectivity index (χ1v) is 8.18. The van der Waals surface area contributed by atoms with Crippen LogP contribution in [0.1, 0.15) is 45.7 Å². The highest BCUT2D eigenvalue weighted by Gasteiger charge is 2.27. The summed E-state index contributed by atoms with van der Waals surface area (Å²) >= 11 is 0. The van der Waals surface area contributed by atoms with Gasteiger partial charge in [0.1, 0.15) is 16.9 Å². The van der Waals surface area contributed by atoms with Crippen LogP contribution in [0, 0.1) is 13.8 Å². The predicted molar refractivity (Wildman–Crippen MR) is 94.9 cm³/mol. The van der Waals surface area contributed by atoms with Gasteiger partial charge in [-0.05, 0) is 44.9 Å². The number of phenols is 1. The molecule has 1 N–H and O–H groups in total. The van der Waals surface area contributed by atoms with E-state index in [1.807, 2.05) is 31.2 Å². The molecule has 0 saturated heterocycles. The number of carbonyl (C=O) groups excluding carboxylic acids is 2. The summed E-state index contributed by atoms with van der Waals surface area (Å²) in [5, 5.41) is 10.7. The molecule has 2 rings (SSSR count). The summed E-state index contributed by atoms with van der Waals surface area (Å²) in [6, 6.07) is 9.25. The van der Waals surface area contributed by atoms with E-state index in [0.717, 1.165) is 11.1 Å². The highest BCUT2D eigenvalue weighted by Crippen LogP contribution is 2.36. The Labute approximate surface area is 147 Å². The molecule has 25 heavy (non-hydrogen) atoms. The summed E-state index contributed by atoms with van der Waals surface area (Å²) in [6.07, 6.45) is 0. The molecule has 0 atom stereocenters. The lowest BCUT2D eigenvalue weighted by atomic mass is 9.92. The fourth-order valence-corrected chi connectivity index (χ4v) is 2.71. The van der Waals surface area contributed by atoms with Crippen LogP contribution in [0.15, 0.2) is 30.3 Å². The average molecular weight is 342 g/mol. The SMILES string of the molecule is CCOC(=O)c1c(C)cc(-c2cccc(C)c2)c(C(=O)OCC)c1O. The molecule has 0 saturated carbocycles. The molecule has 0 aromatic heterocycles. The van der Waals surface area contributed by atoms with E-state index < -0.39 is 17.7 Å². The average Bonchev–Trinajstić information content (AvgIpc) is 2.54. The van der Waals surface area contributed by atoms with Gasteiger partial charge in [-0.1, -0.05) is 29.8 Å². The molecule has 0 spiro atoms. The van der Waals surface area contributed by atoms with E-state index in [-0.39, 0.29) is 24.3 Å². The summed E-state index contributed by atoms with van der Waals surface area (Å²) < 4.78 is 10.1. The van der Waals surface area contributed by atoms with Gasteiger partial charge in [0.25, 0.3) is 0 Å². The van der Waals surface area contributed by atoms with Crippen LogP contribution in [0.25, 0.3) is 11.1 Å². The highest BCUT2D eigenvalue weighted by molar-refractivity contribution is 6.06. The zero-order valence-corrected chi connectivity index (χ0v) is 14.9. The third-order valence-electron chi connectivity index (χ3n) is 3.79. The molecule has 0 amide bonds. The predicted octanol–water partition coefficient (Wildman–Crippen LogP) is 4.03. The van der Waals surface area contributed by atoms with Crippen molar-refractivity contribution in [3.63, 3.8) is 0 Å². The lowest BCUT2D eigenvalue weighted by molar-refractivity contribution is 0.0519. The van der Waals surface area contributed by atoms with Crippen molar-refractivity contribution in [3.8, 4) is 16.9 Å². The van der Waals surface area contributed by atoms with Crippen LogP contribution in [0.5, 0.6) is 5.75 Å². The number of esters is 2. The second-order valence-corrected chi connectivity index (χ2v) is 5.65. The van der Waals surface area contributed by atoms with Gasteiger partial charge in [-0.25, -0.2) is 9.59 Å². The Morgan fingerprint density at radius 2 is 1.56 bits per heavy atom. The van der Waals surface area contributed by atoms with Gasteiger partial charge in [0, 0.05) is 5.56 Å². The Balaban J connectivity index is 2.75. The second kappa shape index (κ2) is 7.83. The molecule has 0 radical (unpaired) electrons. The molecule has 0 unspecified atom stereocenters. The summed E-state index contributed by atoms with van der Waals surface area (Å²) in [5.41, 5.74) is 2.78. The molecule has 2 aromatic carbocycles. The quantitative estimate of drug-likeness (QED) is 0.831. The number of rotatable bonds is 5. The minimum atomic E-state index is -0.679. The normalized spacial score (nSPS) is 10.4. The third-order valence-corrected chi connectivity index (χ3v) is 3.79. The molecular weight excluding hydrogens is 320 g/mol. The first kappa shape index (κ1) is 18.5. The lowest BCUT2D eigenvalue weighted by Crippen LogP contribution is -2.13. The minimum Gasteiger partial charge on any atom is -0.506 e. The number of hydrogen-bond donors (Lipinski definition) is 1. The van der Waals surface area contributed by atoms with Crippen molar-refractivity contribution in [2.75, 3.05) is 13.2 Å². The van der Waals surface area contributed by atoms with Gasteiger partial charge in [0.15, 0.2) is 0 Å². The first-order valence-electron chi connectivity index (χ1n) is 8.18. The van der Waals surface area contributed by atoms with Gasteiger partial charge in [-0.3, -0.25) is 0 Å². The molecule has 0 aliphatic heterocycles. The van der Waals surface area contributed by atoms with Crippen molar-refractivity contribution in [1.29, 1.82) is 0 Å². The van der Waals surface area contributed by atoms with Crippen molar-refractivity contribution in [1.82, 2.24) is 0 Å². The van der Waals surface area contributed by atoms with Crippen LogP contribution in [-0.4, -0.2) is 30.3 Å². The van der Waals surface area contributed by atoms with Crippen molar-refractivity contribution in [2.45, 2.75) is 27.7 Å². The molecule has 0 aliphatic carbocycles. The summed E-state index contributed by atoms with van der Waals surface area (Å²) in [6.45, 7) is 7.33. The smallest absolute Gasteiger partial charge is 0.342 e. The molecule has 0 heterocycles. The second-order valence-electron chi connectivity index (χ2n) is 5.65. The summed E-state index contributed by atoms with van der Waals surface area (Å²) in [7, 11) is 0. The minimum absolute atomic E-state index is 0.0127. The van der Waals surface area contributed by atoms with E-state index in [2.05, 4.69) is 0 Å². The van der Waals surface area contributed by atoms with Gasteiger partial charge in [-0.15, -0.1) is 0 Å². The van der Waals surface area contributed by atoms with Gasteiger partial charge in [-0.2, -0.15) is 0 Å². The number of hydrogen-bond acceptors (Lipinski definition) is 5. The van der Waals surface area contributed by atoms with Crippen LogP contribution in [0.3, 0.4) is 0 Å². The largest absolute Gasteiger partial charge is 0.506 e. The van der Waals surface area contributed by atoms with Crippen LogP contribution in [0.4, 0.5) is 0 Å². The molecule has 5 nitrogen and oxygen atoms in total. The third kappa shape index (κ3) is 3.82. The Bertz CT molecular complexity index is 808. The van der Waals surface area contributed by atoms with Gasteiger partial charge >= 0.3 is 11.9 Å². The monoisotopic (exact) mass is 342 g/mol. The van der Waals surface area contributed by atoms with E-state index in [1.54, 1.807) is 26.8 Å². The highest BCUT2D eigenvalue weighted by atomic mass is 16.5.